The number of thiazole rings is 2. The third-order valence-electron chi connectivity index (χ3n) is 4.64. The molecule has 0 atom stereocenters. The zero-order chi connectivity index (χ0) is 20.8. The van der Waals surface area contributed by atoms with E-state index in [1.54, 1.807) is 17.4 Å². The molecule has 0 spiro atoms. The molecule has 7 nitrogen and oxygen atoms in total. The number of benzene rings is 2. The van der Waals surface area contributed by atoms with Crippen molar-refractivity contribution in [2.45, 2.75) is 38.8 Å². The Hall–Kier alpha value is -2.27. The monoisotopic (exact) mass is 448 g/mol. The van der Waals surface area contributed by atoms with Gasteiger partial charge in [0.2, 0.25) is 9.60 Å². The molecule has 0 radical (unpaired) electrons. The van der Waals surface area contributed by atoms with Gasteiger partial charge in [0.05, 0.1) is 25.3 Å². The first-order chi connectivity index (χ1) is 13.8. The van der Waals surface area contributed by atoms with Crippen LogP contribution in [0.2, 0.25) is 0 Å². The molecule has 0 aliphatic carbocycles. The van der Waals surface area contributed by atoms with Gasteiger partial charge in [-0.15, -0.1) is 10.2 Å². The first-order valence-electron chi connectivity index (χ1n) is 9.10. The SMILES string of the molecule is CCn1c(=NN=c2sc3cc(S(=O)(=O)O)ccc3n2CC)sc2cc(C)ccc21. The molecule has 0 saturated carbocycles. The predicted octanol–water partition coefficient (Wildman–Crippen LogP) is 3.73. The van der Waals surface area contributed by atoms with Crippen LogP contribution in [-0.2, 0) is 23.2 Å². The quantitative estimate of drug-likeness (QED) is 0.381. The van der Waals surface area contributed by atoms with E-state index in [1.807, 2.05) is 11.5 Å². The fourth-order valence-corrected chi connectivity index (χ4v) is 6.05. The molecule has 4 rings (SSSR count). The molecular weight excluding hydrogens is 428 g/mol. The summed E-state index contributed by atoms with van der Waals surface area (Å²) in [5.41, 5.74) is 3.19. The lowest BCUT2D eigenvalue weighted by Crippen LogP contribution is -2.16. The average molecular weight is 449 g/mol. The first-order valence-corrected chi connectivity index (χ1v) is 12.2. The molecular formula is C19H20N4O3S3. The van der Waals surface area contributed by atoms with Crippen LogP contribution in [0.15, 0.2) is 51.5 Å². The van der Waals surface area contributed by atoms with Gasteiger partial charge in [-0.05, 0) is 56.7 Å². The molecule has 0 saturated heterocycles. The molecule has 0 unspecified atom stereocenters. The van der Waals surface area contributed by atoms with Gasteiger partial charge < -0.3 is 9.13 Å². The molecule has 2 heterocycles. The highest BCUT2D eigenvalue weighted by Crippen LogP contribution is 2.22. The molecule has 0 aliphatic heterocycles. The summed E-state index contributed by atoms with van der Waals surface area (Å²) < 4.78 is 38.2. The summed E-state index contributed by atoms with van der Waals surface area (Å²) in [6.45, 7) is 7.59. The summed E-state index contributed by atoms with van der Waals surface area (Å²) in [7, 11) is -4.25. The highest BCUT2D eigenvalue weighted by Gasteiger charge is 2.13. The number of hydrogen-bond donors (Lipinski definition) is 1. The summed E-state index contributed by atoms with van der Waals surface area (Å²) >= 11 is 2.94. The summed E-state index contributed by atoms with van der Waals surface area (Å²) in [4.78, 5) is 1.36. The zero-order valence-electron chi connectivity index (χ0n) is 16.2. The molecule has 29 heavy (non-hydrogen) atoms. The Morgan fingerprint density at radius 3 is 1.93 bits per heavy atom. The topological polar surface area (TPSA) is 88.9 Å². The van der Waals surface area contributed by atoms with Gasteiger partial charge in [0.1, 0.15) is 0 Å². The summed E-state index contributed by atoms with van der Waals surface area (Å²) in [6, 6.07) is 10.9. The summed E-state index contributed by atoms with van der Waals surface area (Å²) in [6.07, 6.45) is 0. The van der Waals surface area contributed by atoms with Gasteiger partial charge in [-0.1, -0.05) is 28.7 Å². The van der Waals surface area contributed by atoms with E-state index in [0.29, 0.717) is 11.3 Å². The second-order valence-corrected chi connectivity index (χ2v) is 9.97. The Labute approximate surface area is 175 Å². The minimum atomic E-state index is -4.25. The second-order valence-electron chi connectivity index (χ2n) is 6.53. The van der Waals surface area contributed by atoms with Gasteiger partial charge in [0.15, 0.2) is 0 Å². The van der Waals surface area contributed by atoms with Crippen molar-refractivity contribution in [3.05, 3.63) is 51.6 Å². The van der Waals surface area contributed by atoms with E-state index in [0.717, 1.165) is 27.1 Å². The van der Waals surface area contributed by atoms with Crippen molar-refractivity contribution in [1.82, 2.24) is 9.13 Å². The Bertz CT molecular complexity index is 1470. The van der Waals surface area contributed by atoms with Gasteiger partial charge in [0.25, 0.3) is 10.1 Å². The van der Waals surface area contributed by atoms with Crippen LogP contribution < -0.4 is 9.60 Å². The number of fused-ring (bicyclic) bond motifs is 2. The van der Waals surface area contributed by atoms with Gasteiger partial charge >= 0.3 is 0 Å². The van der Waals surface area contributed by atoms with Crippen molar-refractivity contribution in [2.75, 3.05) is 0 Å². The Kier molecular flexibility index (Phi) is 5.19. The molecule has 4 aromatic rings. The highest BCUT2D eigenvalue weighted by atomic mass is 32.2. The van der Waals surface area contributed by atoms with E-state index in [2.05, 4.69) is 46.8 Å². The third kappa shape index (κ3) is 3.68. The van der Waals surface area contributed by atoms with E-state index in [9.17, 15) is 13.0 Å². The van der Waals surface area contributed by atoms with E-state index in [-0.39, 0.29) is 4.90 Å². The lowest BCUT2D eigenvalue weighted by atomic mass is 10.2. The third-order valence-corrected chi connectivity index (χ3v) is 7.56. The predicted molar refractivity (Wildman–Crippen MR) is 117 cm³/mol. The minimum absolute atomic E-state index is 0.123. The van der Waals surface area contributed by atoms with Crippen molar-refractivity contribution in [1.29, 1.82) is 0 Å². The number of hydrogen-bond acceptors (Lipinski definition) is 6. The fourth-order valence-electron chi connectivity index (χ4n) is 3.24. The normalized spacial score (nSPS) is 13.8. The van der Waals surface area contributed by atoms with Crippen LogP contribution >= 0.6 is 22.7 Å². The second kappa shape index (κ2) is 7.52. The van der Waals surface area contributed by atoms with Crippen LogP contribution in [0.1, 0.15) is 19.4 Å². The van der Waals surface area contributed by atoms with Crippen LogP contribution in [0.5, 0.6) is 0 Å². The standard InChI is InChI=1S/C19H20N4O3S3/c1-4-22-14-8-6-12(3)10-16(14)27-18(22)20-21-19-23(5-2)15-9-7-13(29(24,25)26)11-17(15)28-19/h6-11H,4-5H2,1-3H3,(H,24,25,26). The number of nitrogens with zero attached hydrogens (tertiary/aromatic N) is 4. The fraction of sp³-hybridized carbons (Fsp3) is 0.263. The van der Waals surface area contributed by atoms with Crippen LogP contribution in [0.4, 0.5) is 0 Å². The van der Waals surface area contributed by atoms with Gasteiger partial charge in [-0.25, -0.2) is 0 Å². The Balaban J connectivity index is 1.94. The molecule has 0 bridgehead atoms. The lowest BCUT2D eigenvalue weighted by molar-refractivity contribution is 0.483. The maximum Gasteiger partial charge on any atom is 0.294 e. The summed E-state index contributed by atoms with van der Waals surface area (Å²) in [5.74, 6) is 0. The van der Waals surface area contributed by atoms with E-state index in [1.165, 1.54) is 33.7 Å². The van der Waals surface area contributed by atoms with Crippen LogP contribution in [0.25, 0.3) is 20.4 Å². The smallest absolute Gasteiger partial charge is 0.294 e. The van der Waals surface area contributed by atoms with E-state index >= 15 is 0 Å². The van der Waals surface area contributed by atoms with Crippen molar-refractivity contribution in [2.24, 2.45) is 10.2 Å². The van der Waals surface area contributed by atoms with Crippen LogP contribution in [0.3, 0.4) is 0 Å². The van der Waals surface area contributed by atoms with Crippen molar-refractivity contribution in [3.8, 4) is 0 Å². The van der Waals surface area contributed by atoms with Crippen molar-refractivity contribution < 1.29 is 13.0 Å². The van der Waals surface area contributed by atoms with Gasteiger partial charge in [0, 0.05) is 13.1 Å². The van der Waals surface area contributed by atoms with Crippen LogP contribution in [0, 0.1) is 6.92 Å². The number of aromatic nitrogens is 2. The molecule has 152 valence electrons. The highest BCUT2D eigenvalue weighted by molar-refractivity contribution is 7.85. The molecule has 0 fully saturated rings. The molecule has 2 aromatic carbocycles. The number of rotatable bonds is 4. The van der Waals surface area contributed by atoms with Crippen molar-refractivity contribution in [3.63, 3.8) is 0 Å². The lowest BCUT2D eigenvalue weighted by Gasteiger charge is -2.01. The minimum Gasteiger partial charge on any atom is -0.315 e. The van der Waals surface area contributed by atoms with E-state index in [4.69, 9.17) is 0 Å². The van der Waals surface area contributed by atoms with Crippen molar-refractivity contribution >= 4 is 53.2 Å². The molecule has 10 heteroatoms. The van der Waals surface area contributed by atoms with Crippen LogP contribution in [-0.4, -0.2) is 22.1 Å². The molecule has 1 N–H and O–H groups in total. The molecule has 0 aliphatic rings. The zero-order valence-corrected chi connectivity index (χ0v) is 18.6. The number of aryl methyl sites for hydroxylation is 3. The molecule has 0 amide bonds. The van der Waals surface area contributed by atoms with Gasteiger partial charge in [-0.2, -0.15) is 8.42 Å². The summed E-state index contributed by atoms with van der Waals surface area (Å²) in [5, 5.41) is 9.00. The first kappa shape index (κ1) is 20.0. The largest absolute Gasteiger partial charge is 0.315 e. The Morgan fingerprint density at radius 2 is 1.41 bits per heavy atom. The molecule has 2 aromatic heterocycles. The maximum atomic E-state index is 11.4. The van der Waals surface area contributed by atoms with E-state index < -0.39 is 10.1 Å². The maximum absolute atomic E-state index is 11.4. The Morgan fingerprint density at radius 1 is 0.897 bits per heavy atom. The van der Waals surface area contributed by atoms with Gasteiger partial charge in [-0.3, -0.25) is 4.55 Å². The average Bonchev–Trinajstić information content (AvgIpc) is 3.21.